The lowest BCUT2D eigenvalue weighted by atomic mass is 10.0. The molecule has 1 unspecified atom stereocenters. The van der Waals surface area contributed by atoms with Crippen LogP contribution in [0.4, 0.5) is 10.1 Å². The first-order chi connectivity index (χ1) is 14.7. The van der Waals surface area contributed by atoms with E-state index in [1.54, 1.807) is 13.0 Å². The normalized spacial score (nSPS) is 12.1. The second-order valence-corrected chi connectivity index (χ2v) is 8.82. The van der Waals surface area contributed by atoms with Gasteiger partial charge in [-0.2, -0.15) is 0 Å². The number of hydrogen-bond donors (Lipinski definition) is 2. The molecular formula is C22H26FN5O2S. The molecule has 7 nitrogen and oxygen atoms in total. The zero-order chi connectivity index (χ0) is 22.5. The van der Waals surface area contributed by atoms with Crippen molar-refractivity contribution in [1.82, 2.24) is 14.9 Å². The second kappa shape index (κ2) is 9.82. The molecule has 0 aliphatic heterocycles. The summed E-state index contributed by atoms with van der Waals surface area (Å²) in [6, 6.07) is 11.8. The van der Waals surface area contributed by atoms with Crippen LogP contribution in [0, 0.1) is 12.7 Å². The van der Waals surface area contributed by atoms with Gasteiger partial charge in [-0.25, -0.2) is 9.07 Å². The number of aryl methyl sites for hydroxylation is 1. The summed E-state index contributed by atoms with van der Waals surface area (Å²) in [7, 11) is 0. The Morgan fingerprint density at radius 1 is 1.23 bits per heavy atom. The van der Waals surface area contributed by atoms with E-state index in [0.29, 0.717) is 22.6 Å². The monoisotopic (exact) mass is 443 g/mol. The van der Waals surface area contributed by atoms with Crippen LogP contribution in [0.3, 0.4) is 0 Å². The van der Waals surface area contributed by atoms with Crippen molar-refractivity contribution in [2.24, 2.45) is 0 Å². The Morgan fingerprint density at radius 3 is 2.71 bits per heavy atom. The van der Waals surface area contributed by atoms with E-state index >= 15 is 0 Å². The summed E-state index contributed by atoms with van der Waals surface area (Å²) in [4.78, 5) is 12.4. The summed E-state index contributed by atoms with van der Waals surface area (Å²) < 4.78 is 20.6. The summed E-state index contributed by atoms with van der Waals surface area (Å²) >= 11 is 1.16. The molecule has 3 N–H and O–H groups in total. The van der Waals surface area contributed by atoms with E-state index in [-0.39, 0.29) is 12.5 Å². The molecule has 0 saturated heterocycles. The van der Waals surface area contributed by atoms with Crippen molar-refractivity contribution in [3.63, 3.8) is 0 Å². The number of nitrogens with one attached hydrogen (secondary N) is 1. The van der Waals surface area contributed by atoms with Crippen LogP contribution in [-0.4, -0.2) is 26.0 Å². The lowest BCUT2D eigenvalue weighted by Gasteiger charge is -2.15. The minimum Gasteiger partial charge on any atom is -0.485 e. The van der Waals surface area contributed by atoms with Crippen LogP contribution in [0.25, 0.3) is 0 Å². The maximum atomic E-state index is 13.3. The number of carbonyl (C=O) groups excluding carboxylic acids is 1. The fourth-order valence-electron chi connectivity index (χ4n) is 2.89. The lowest BCUT2D eigenvalue weighted by molar-refractivity contribution is -0.115. The van der Waals surface area contributed by atoms with E-state index in [4.69, 9.17) is 10.6 Å². The summed E-state index contributed by atoms with van der Waals surface area (Å²) in [6.45, 7) is 8.08. The molecule has 1 aromatic heterocycles. The first-order valence-electron chi connectivity index (χ1n) is 9.90. The highest BCUT2D eigenvalue weighted by atomic mass is 32.2. The summed E-state index contributed by atoms with van der Waals surface area (Å²) in [5.41, 5.74) is 2.59. The molecule has 2 aromatic carbocycles. The van der Waals surface area contributed by atoms with Gasteiger partial charge in [0.15, 0.2) is 5.82 Å². The molecular weight excluding hydrogens is 417 g/mol. The molecule has 9 heteroatoms. The fraction of sp³-hybridized carbons (Fsp3) is 0.318. The van der Waals surface area contributed by atoms with Crippen molar-refractivity contribution in [2.75, 3.05) is 11.2 Å². The SMILES string of the molecule is Cc1ccc(C(C)C)c(OCc2nnc(SC(C)C(=O)Nc3cccc(F)c3)n2N)c1. The maximum Gasteiger partial charge on any atom is 0.237 e. The molecule has 0 saturated carbocycles. The number of ether oxygens (including phenoxy) is 1. The van der Waals surface area contributed by atoms with Gasteiger partial charge in [-0.1, -0.05) is 43.8 Å². The number of rotatable bonds is 8. The summed E-state index contributed by atoms with van der Waals surface area (Å²) in [6.07, 6.45) is 0. The number of amides is 1. The van der Waals surface area contributed by atoms with Crippen molar-refractivity contribution < 1.29 is 13.9 Å². The third-order valence-corrected chi connectivity index (χ3v) is 5.68. The van der Waals surface area contributed by atoms with Gasteiger partial charge in [0.2, 0.25) is 11.1 Å². The van der Waals surface area contributed by atoms with E-state index in [1.807, 2.05) is 13.0 Å². The van der Waals surface area contributed by atoms with Gasteiger partial charge < -0.3 is 15.9 Å². The van der Waals surface area contributed by atoms with Crippen LogP contribution in [0.15, 0.2) is 47.6 Å². The first-order valence-corrected chi connectivity index (χ1v) is 10.8. The first kappa shape index (κ1) is 22.6. The number of carbonyl (C=O) groups is 1. The van der Waals surface area contributed by atoms with Gasteiger partial charge in [0, 0.05) is 5.69 Å². The predicted octanol–water partition coefficient (Wildman–Crippen LogP) is 4.26. The predicted molar refractivity (Wildman–Crippen MR) is 120 cm³/mol. The summed E-state index contributed by atoms with van der Waals surface area (Å²) in [5, 5.41) is 10.7. The maximum absolute atomic E-state index is 13.3. The number of hydrogen-bond acceptors (Lipinski definition) is 6. The largest absolute Gasteiger partial charge is 0.485 e. The number of aromatic nitrogens is 3. The Balaban J connectivity index is 1.64. The molecule has 1 amide bonds. The molecule has 0 fully saturated rings. The zero-order valence-corrected chi connectivity index (χ0v) is 18.7. The van der Waals surface area contributed by atoms with Crippen LogP contribution in [0.2, 0.25) is 0 Å². The second-order valence-electron chi connectivity index (χ2n) is 7.51. The van der Waals surface area contributed by atoms with Crippen LogP contribution >= 0.6 is 11.8 Å². The number of nitrogen functional groups attached to an aromatic ring is 1. The van der Waals surface area contributed by atoms with Gasteiger partial charge in [-0.05, 0) is 55.2 Å². The Hall–Kier alpha value is -3.07. The smallest absolute Gasteiger partial charge is 0.237 e. The highest BCUT2D eigenvalue weighted by Gasteiger charge is 2.20. The molecule has 0 aliphatic carbocycles. The van der Waals surface area contributed by atoms with Crippen LogP contribution < -0.4 is 15.9 Å². The molecule has 1 atom stereocenters. The molecule has 164 valence electrons. The third kappa shape index (κ3) is 5.75. The van der Waals surface area contributed by atoms with E-state index in [0.717, 1.165) is 28.6 Å². The van der Waals surface area contributed by atoms with Crippen molar-refractivity contribution in [1.29, 1.82) is 0 Å². The summed E-state index contributed by atoms with van der Waals surface area (Å²) in [5.74, 6) is 6.96. The third-order valence-electron chi connectivity index (χ3n) is 4.63. The van der Waals surface area contributed by atoms with Gasteiger partial charge in [0.1, 0.15) is 18.2 Å². The fourth-order valence-corrected chi connectivity index (χ4v) is 3.68. The molecule has 3 aromatic rings. The van der Waals surface area contributed by atoms with Crippen molar-refractivity contribution in [3.8, 4) is 5.75 Å². The molecule has 0 spiro atoms. The lowest BCUT2D eigenvalue weighted by Crippen LogP contribution is -2.24. The average Bonchev–Trinajstić information content (AvgIpc) is 3.05. The molecule has 1 heterocycles. The molecule has 0 aliphatic rings. The van der Waals surface area contributed by atoms with E-state index in [2.05, 4.69) is 41.5 Å². The molecule has 3 rings (SSSR count). The van der Waals surface area contributed by atoms with Crippen LogP contribution in [-0.2, 0) is 11.4 Å². The number of anilines is 1. The van der Waals surface area contributed by atoms with E-state index < -0.39 is 11.1 Å². The van der Waals surface area contributed by atoms with Gasteiger partial charge in [-0.3, -0.25) is 4.79 Å². The Kier molecular flexibility index (Phi) is 7.17. The van der Waals surface area contributed by atoms with Gasteiger partial charge in [-0.15, -0.1) is 10.2 Å². The van der Waals surface area contributed by atoms with Crippen molar-refractivity contribution in [2.45, 2.75) is 50.6 Å². The van der Waals surface area contributed by atoms with Crippen LogP contribution in [0.5, 0.6) is 5.75 Å². The van der Waals surface area contributed by atoms with Gasteiger partial charge in [0.05, 0.1) is 5.25 Å². The van der Waals surface area contributed by atoms with Crippen LogP contribution in [0.1, 0.15) is 43.6 Å². The average molecular weight is 444 g/mol. The molecule has 0 bridgehead atoms. The van der Waals surface area contributed by atoms with Gasteiger partial charge in [0.25, 0.3) is 0 Å². The number of nitrogens with zero attached hydrogens (tertiary/aromatic N) is 3. The van der Waals surface area contributed by atoms with E-state index in [9.17, 15) is 9.18 Å². The highest BCUT2D eigenvalue weighted by molar-refractivity contribution is 8.00. The molecule has 31 heavy (non-hydrogen) atoms. The Bertz CT molecular complexity index is 1070. The number of thioether (sulfide) groups is 1. The van der Waals surface area contributed by atoms with Crippen molar-refractivity contribution >= 4 is 23.4 Å². The quantitative estimate of drug-likeness (QED) is 0.399. The minimum absolute atomic E-state index is 0.150. The topological polar surface area (TPSA) is 95.1 Å². The highest BCUT2D eigenvalue weighted by Crippen LogP contribution is 2.28. The molecule has 0 radical (unpaired) electrons. The van der Waals surface area contributed by atoms with Crippen molar-refractivity contribution in [3.05, 3.63) is 65.2 Å². The number of halogens is 1. The Morgan fingerprint density at radius 2 is 2.00 bits per heavy atom. The standard InChI is InChI=1S/C22H26FN5O2S/c1-13(2)18-9-8-14(3)10-19(18)30-12-20-26-27-22(28(20)24)31-15(4)21(29)25-17-7-5-6-16(23)11-17/h5-11,13,15H,12,24H2,1-4H3,(H,25,29). The number of benzene rings is 2. The Labute approximate surface area is 185 Å². The number of nitrogens with two attached hydrogens (primary N) is 1. The van der Waals surface area contributed by atoms with Gasteiger partial charge >= 0.3 is 0 Å². The zero-order valence-electron chi connectivity index (χ0n) is 17.9. The minimum atomic E-state index is -0.521. The van der Waals surface area contributed by atoms with E-state index in [1.165, 1.54) is 22.9 Å².